The van der Waals surface area contributed by atoms with Gasteiger partial charge in [-0.15, -0.1) is 0 Å². The number of carbonyl (C=O) groups excluding carboxylic acids is 1. The van der Waals surface area contributed by atoms with Crippen LogP contribution in [0.4, 0.5) is 8.28 Å². The van der Waals surface area contributed by atoms with Crippen LogP contribution >= 0.6 is 12.1 Å². The zero-order chi connectivity index (χ0) is 28.8. The average molecular weight is 555 g/mol. The van der Waals surface area contributed by atoms with Crippen LogP contribution in [0.5, 0.6) is 5.75 Å². The molecule has 1 aliphatic rings. The van der Waals surface area contributed by atoms with Gasteiger partial charge in [-0.05, 0) is 81.2 Å². The predicted molar refractivity (Wildman–Crippen MR) is 157 cm³/mol. The molecule has 9 heteroatoms. The van der Waals surface area contributed by atoms with Crippen molar-refractivity contribution in [1.29, 1.82) is 0 Å². The van der Waals surface area contributed by atoms with Crippen LogP contribution in [0.15, 0.2) is 78.9 Å². The second kappa shape index (κ2) is 16.3. The van der Waals surface area contributed by atoms with Crippen LogP contribution in [0.1, 0.15) is 29.7 Å². The molecule has 0 atom stereocenters. The summed E-state index contributed by atoms with van der Waals surface area (Å²) in [6.45, 7) is 14.5. The molecule has 1 aliphatic heterocycles. The third-order valence-electron chi connectivity index (χ3n) is 6.33. The summed E-state index contributed by atoms with van der Waals surface area (Å²) in [6, 6.07) is 13.4. The Morgan fingerprint density at radius 3 is 2.46 bits per heavy atom. The molecule has 1 fully saturated rings. The summed E-state index contributed by atoms with van der Waals surface area (Å²) in [5.41, 5.74) is 2.86. The average Bonchev–Trinajstić information content (AvgIpc) is 3.33. The number of hydrogen-bond acceptors (Lipinski definition) is 6. The number of carbonyl (C=O) groups is 1. The molecule has 1 aromatic heterocycles. The lowest BCUT2D eigenvalue weighted by molar-refractivity contribution is -0.0980. The van der Waals surface area contributed by atoms with Gasteiger partial charge >= 0.3 is 0 Å². The topological polar surface area (TPSA) is 70.4 Å². The van der Waals surface area contributed by atoms with Crippen molar-refractivity contribution in [3.63, 3.8) is 0 Å². The van der Waals surface area contributed by atoms with Gasteiger partial charge in [-0.1, -0.05) is 49.6 Å². The second-order valence-corrected chi connectivity index (χ2v) is 9.64. The summed E-state index contributed by atoms with van der Waals surface area (Å²) in [5, 5.41) is 18.0. The van der Waals surface area contributed by atoms with Crippen molar-refractivity contribution in [1.82, 2.24) is 20.0 Å². The summed E-state index contributed by atoms with van der Waals surface area (Å²) >= 11 is 0.191. The van der Waals surface area contributed by atoms with Crippen molar-refractivity contribution in [3.8, 4) is 5.75 Å². The van der Waals surface area contributed by atoms with E-state index in [1.807, 2.05) is 31.9 Å². The maximum Gasteiger partial charge on any atom is 0.128 e. The number of nitrogens with zero attached hydrogens (tertiary/aromatic N) is 3. The summed E-state index contributed by atoms with van der Waals surface area (Å²) in [4.78, 5) is 10.8. The van der Waals surface area contributed by atoms with Crippen LogP contribution in [-0.4, -0.2) is 53.3 Å². The molecular weight excluding hydrogens is 518 g/mol. The molecule has 2 N–H and O–H groups in total. The molecule has 3 aromatic rings. The van der Waals surface area contributed by atoms with E-state index in [0.717, 1.165) is 49.6 Å². The maximum atomic E-state index is 13.1. The van der Waals surface area contributed by atoms with Crippen LogP contribution < -0.4 is 5.32 Å². The zero-order valence-electron chi connectivity index (χ0n) is 22.4. The van der Waals surface area contributed by atoms with Crippen LogP contribution in [-0.2, 0) is 4.79 Å². The van der Waals surface area contributed by atoms with Gasteiger partial charge in [-0.3, -0.25) is 0 Å². The standard InChI is InChI=1S/C21H27FN4OS.C8H7F.CH2O/c1-15(18-6-4-5-7-19(18)27)12-21(26-16(2)20(28-22)14-24-26)23-13-17-8-10-25(3)11-9-17;1-2-7-4-3-5-8(9)6-7;1-2/h4-7,12,14,17,23,27H,1,8-11,13H2,2-3H3;2-6H,1H2;1H2/b21-12-;;. The van der Waals surface area contributed by atoms with Gasteiger partial charge in [-0.2, -0.15) is 8.98 Å². The Labute approximate surface area is 234 Å². The number of likely N-dealkylation sites (tertiary alicyclic amines) is 1. The van der Waals surface area contributed by atoms with Gasteiger partial charge < -0.3 is 20.1 Å². The smallest absolute Gasteiger partial charge is 0.128 e. The van der Waals surface area contributed by atoms with Crippen LogP contribution in [0.2, 0.25) is 0 Å². The first-order chi connectivity index (χ1) is 18.8. The number of phenols is 1. The highest BCUT2D eigenvalue weighted by Crippen LogP contribution is 2.28. The van der Waals surface area contributed by atoms with E-state index < -0.39 is 0 Å². The Bertz CT molecular complexity index is 1250. The van der Waals surface area contributed by atoms with E-state index in [1.54, 1.807) is 35.0 Å². The van der Waals surface area contributed by atoms with Crippen molar-refractivity contribution in [2.45, 2.75) is 24.7 Å². The normalized spacial score (nSPS) is 13.9. The Hall–Kier alpha value is -3.69. The number of rotatable bonds is 8. The molecule has 0 aliphatic carbocycles. The van der Waals surface area contributed by atoms with Crippen LogP contribution in [0.25, 0.3) is 17.5 Å². The van der Waals surface area contributed by atoms with Crippen LogP contribution in [0.3, 0.4) is 0 Å². The first-order valence-electron chi connectivity index (χ1n) is 12.4. The third kappa shape index (κ3) is 9.53. The number of nitrogens with one attached hydrogen (secondary N) is 1. The first kappa shape index (κ1) is 31.5. The van der Waals surface area contributed by atoms with Crippen molar-refractivity contribution >= 4 is 36.4 Å². The number of phenolic OH excluding ortho intramolecular Hbond substituents is 1. The van der Waals surface area contributed by atoms with E-state index in [-0.39, 0.29) is 23.7 Å². The van der Waals surface area contributed by atoms with Crippen molar-refractivity contribution < 1.29 is 18.2 Å². The van der Waals surface area contributed by atoms with Crippen molar-refractivity contribution in [2.24, 2.45) is 5.92 Å². The van der Waals surface area contributed by atoms with Gasteiger partial charge in [0.05, 0.1) is 28.9 Å². The minimum Gasteiger partial charge on any atom is -0.507 e. The minimum absolute atomic E-state index is 0.176. The Morgan fingerprint density at radius 2 is 1.90 bits per heavy atom. The number of allylic oxidation sites excluding steroid dienone is 2. The number of aromatic nitrogens is 2. The lowest BCUT2D eigenvalue weighted by Crippen LogP contribution is -2.35. The van der Waals surface area contributed by atoms with Gasteiger partial charge in [0.2, 0.25) is 0 Å². The Morgan fingerprint density at radius 1 is 1.21 bits per heavy atom. The molecule has 0 spiro atoms. The van der Waals surface area contributed by atoms with Gasteiger partial charge in [0, 0.05) is 12.1 Å². The van der Waals surface area contributed by atoms with Gasteiger partial charge in [0.1, 0.15) is 24.2 Å². The molecule has 208 valence electrons. The number of para-hydroxylation sites is 1. The minimum atomic E-state index is -0.215. The Balaban J connectivity index is 0.000000407. The van der Waals surface area contributed by atoms with E-state index >= 15 is 0 Å². The molecule has 0 unspecified atom stereocenters. The summed E-state index contributed by atoms with van der Waals surface area (Å²) in [5.74, 6) is 1.26. The molecule has 6 nitrogen and oxygen atoms in total. The number of hydrogen-bond donors (Lipinski definition) is 2. The number of piperidine rings is 1. The lowest BCUT2D eigenvalue weighted by atomic mass is 9.97. The molecule has 2 aromatic carbocycles. The summed E-state index contributed by atoms with van der Waals surface area (Å²) < 4.78 is 27.1. The van der Waals surface area contributed by atoms with Gasteiger partial charge in [0.25, 0.3) is 0 Å². The highest BCUT2D eigenvalue weighted by atomic mass is 32.2. The fourth-order valence-corrected chi connectivity index (χ4v) is 4.32. The third-order valence-corrected chi connectivity index (χ3v) is 6.90. The van der Waals surface area contributed by atoms with Gasteiger partial charge in [0.15, 0.2) is 0 Å². The molecule has 0 saturated carbocycles. The second-order valence-electron chi connectivity index (χ2n) is 9.04. The van der Waals surface area contributed by atoms with Crippen molar-refractivity contribution in [3.05, 3.63) is 96.6 Å². The highest BCUT2D eigenvalue weighted by molar-refractivity contribution is 7.94. The van der Waals surface area contributed by atoms with Crippen LogP contribution in [0, 0.1) is 18.7 Å². The largest absolute Gasteiger partial charge is 0.507 e. The van der Waals surface area contributed by atoms with E-state index in [0.29, 0.717) is 21.9 Å². The van der Waals surface area contributed by atoms with Gasteiger partial charge in [-0.25, -0.2) is 9.07 Å². The number of halogens is 2. The van der Waals surface area contributed by atoms with E-state index in [9.17, 15) is 13.4 Å². The predicted octanol–water partition coefficient (Wildman–Crippen LogP) is 6.60. The monoisotopic (exact) mass is 554 g/mol. The first-order valence-corrected chi connectivity index (χ1v) is 13.2. The molecular formula is C30H36F2N4O2S. The fraction of sp³-hybridized carbons (Fsp3) is 0.267. The summed E-state index contributed by atoms with van der Waals surface area (Å²) in [7, 11) is 2.15. The summed E-state index contributed by atoms with van der Waals surface area (Å²) in [6.07, 6.45) is 7.27. The molecule has 2 heterocycles. The van der Waals surface area contributed by atoms with Crippen molar-refractivity contribution in [2.75, 3.05) is 26.7 Å². The fourth-order valence-electron chi connectivity index (χ4n) is 4.04. The molecule has 0 radical (unpaired) electrons. The maximum absolute atomic E-state index is 13.1. The number of aromatic hydroxyl groups is 1. The quantitative estimate of drug-likeness (QED) is 0.306. The zero-order valence-corrected chi connectivity index (χ0v) is 23.3. The molecule has 0 amide bonds. The van der Waals surface area contributed by atoms with E-state index in [1.165, 1.54) is 18.3 Å². The van der Waals surface area contributed by atoms with E-state index in [2.05, 4.69) is 35.5 Å². The van der Waals surface area contributed by atoms with E-state index in [4.69, 9.17) is 4.79 Å². The lowest BCUT2D eigenvalue weighted by Gasteiger charge is -2.29. The molecule has 0 bridgehead atoms. The Kier molecular flexibility index (Phi) is 13.2. The molecule has 39 heavy (non-hydrogen) atoms. The highest BCUT2D eigenvalue weighted by Gasteiger charge is 2.18. The molecule has 1 saturated heterocycles. The SMILES string of the molecule is C=C(/C=C(/NCC1CCN(C)CC1)n1ncc(SF)c1C)c1ccccc1O.C=Cc1cccc(F)c1.C=O. The number of benzene rings is 2. The molecule has 4 rings (SSSR count).